The van der Waals surface area contributed by atoms with Crippen LogP contribution in [-0.2, 0) is 13.0 Å². The Morgan fingerprint density at radius 2 is 1.64 bits per heavy atom. The van der Waals surface area contributed by atoms with Gasteiger partial charge in [0.15, 0.2) is 0 Å². The van der Waals surface area contributed by atoms with Gasteiger partial charge < -0.3 is 9.84 Å². The Labute approximate surface area is 171 Å². The van der Waals surface area contributed by atoms with Gasteiger partial charge in [-0.05, 0) is 63.1 Å². The van der Waals surface area contributed by atoms with Crippen molar-refractivity contribution in [2.24, 2.45) is 0 Å². The minimum absolute atomic E-state index is 0.0452. The molecule has 3 nitrogen and oxygen atoms in total. The lowest BCUT2D eigenvalue weighted by Crippen LogP contribution is -2.36. The van der Waals surface area contributed by atoms with Crippen molar-refractivity contribution in [1.82, 2.24) is 4.90 Å². The Hall–Kier alpha value is -2.10. The van der Waals surface area contributed by atoms with Gasteiger partial charge in [-0.15, -0.1) is 0 Å². The highest BCUT2D eigenvalue weighted by Gasteiger charge is 2.09. The van der Waals surface area contributed by atoms with Crippen LogP contribution in [0.25, 0.3) is 0 Å². The predicted molar refractivity (Wildman–Crippen MR) is 120 cm³/mol. The van der Waals surface area contributed by atoms with Crippen molar-refractivity contribution in [3.8, 4) is 5.75 Å². The molecule has 0 saturated heterocycles. The fourth-order valence-electron chi connectivity index (χ4n) is 3.30. The molecule has 0 radical (unpaired) electrons. The molecule has 0 spiro atoms. The van der Waals surface area contributed by atoms with Crippen molar-refractivity contribution in [2.75, 3.05) is 13.2 Å². The molecule has 3 heteroatoms. The zero-order valence-corrected chi connectivity index (χ0v) is 18.2. The van der Waals surface area contributed by atoms with E-state index in [4.69, 9.17) is 4.74 Å². The van der Waals surface area contributed by atoms with Crippen LogP contribution in [-0.4, -0.2) is 35.2 Å². The Bertz CT molecular complexity index is 672. The van der Waals surface area contributed by atoms with Gasteiger partial charge in [0.25, 0.3) is 0 Å². The number of nitrogens with zero attached hydrogens (tertiary/aromatic N) is 1. The van der Waals surface area contributed by atoms with Gasteiger partial charge in [0.05, 0.1) is 6.61 Å². The third-order valence-electron chi connectivity index (χ3n) is 4.59. The van der Waals surface area contributed by atoms with E-state index in [1.54, 1.807) is 6.08 Å². The first-order chi connectivity index (χ1) is 13.4. The van der Waals surface area contributed by atoms with E-state index in [-0.39, 0.29) is 6.61 Å². The summed E-state index contributed by atoms with van der Waals surface area (Å²) in [5.74, 6) is 0.848. The molecular formula is C25H37NO2. The molecule has 0 unspecified atom stereocenters. The smallest absolute Gasteiger partial charge is 0.123 e. The third kappa shape index (κ3) is 8.28. The first kappa shape index (κ1) is 23.9. The number of benzene rings is 2. The maximum Gasteiger partial charge on any atom is 0.123 e. The van der Waals surface area contributed by atoms with Gasteiger partial charge in [-0.1, -0.05) is 56.0 Å². The lowest BCUT2D eigenvalue weighted by atomic mass is 10.0. The maximum atomic E-state index is 9.24. The van der Waals surface area contributed by atoms with Gasteiger partial charge in [-0.2, -0.15) is 0 Å². The highest BCUT2D eigenvalue weighted by Crippen LogP contribution is 2.23. The molecule has 1 N–H and O–H groups in total. The van der Waals surface area contributed by atoms with Crippen LogP contribution in [0.5, 0.6) is 5.75 Å². The van der Waals surface area contributed by atoms with Crippen molar-refractivity contribution in [3.63, 3.8) is 0 Å². The van der Waals surface area contributed by atoms with Crippen LogP contribution in [0.4, 0.5) is 0 Å². The average Bonchev–Trinajstić information content (AvgIpc) is 2.68. The highest BCUT2D eigenvalue weighted by atomic mass is 16.5. The summed E-state index contributed by atoms with van der Waals surface area (Å²) < 4.78 is 5.66. The number of ether oxygens (including phenoxy) is 1. The van der Waals surface area contributed by atoms with Crippen LogP contribution in [0.2, 0.25) is 0 Å². The van der Waals surface area contributed by atoms with Crippen LogP contribution in [0.3, 0.4) is 0 Å². The van der Waals surface area contributed by atoms with Gasteiger partial charge in [-0.25, -0.2) is 0 Å². The Morgan fingerprint density at radius 3 is 2.11 bits per heavy atom. The molecule has 2 aromatic carbocycles. The molecule has 0 fully saturated rings. The minimum Gasteiger partial charge on any atom is -0.489 e. The zero-order chi connectivity index (χ0) is 20.9. The van der Waals surface area contributed by atoms with E-state index in [2.05, 4.69) is 58.2 Å². The molecule has 154 valence electrons. The Morgan fingerprint density at radius 1 is 1.00 bits per heavy atom. The second kappa shape index (κ2) is 13.1. The monoisotopic (exact) mass is 383 g/mol. The lowest BCUT2D eigenvalue weighted by Gasteiger charge is -2.28. The number of aliphatic hydroxyl groups is 1. The van der Waals surface area contributed by atoms with Crippen LogP contribution in [0.1, 0.15) is 51.3 Å². The summed E-state index contributed by atoms with van der Waals surface area (Å²) in [5.41, 5.74) is 3.21. The summed E-state index contributed by atoms with van der Waals surface area (Å²) >= 11 is 0. The largest absolute Gasteiger partial charge is 0.489 e. The predicted octanol–water partition coefficient (Wildman–Crippen LogP) is 5.46. The van der Waals surface area contributed by atoms with E-state index in [0.29, 0.717) is 18.7 Å². The van der Waals surface area contributed by atoms with Gasteiger partial charge in [-0.3, -0.25) is 4.90 Å². The van der Waals surface area contributed by atoms with Crippen molar-refractivity contribution in [3.05, 3.63) is 77.9 Å². The lowest BCUT2D eigenvalue weighted by molar-refractivity contribution is 0.185. The molecule has 0 atom stereocenters. The summed E-state index contributed by atoms with van der Waals surface area (Å²) in [6.07, 6.45) is 2.52. The Kier molecular flexibility index (Phi) is 11.2. The average molecular weight is 384 g/mol. The molecule has 2 rings (SSSR count). The molecule has 0 aliphatic carbocycles. The second-order valence-corrected chi connectivity index (χ2v) is 7.38. The molecule has 0 saturated carbocycles. The molecule has 0 aromatic heterocycles. The van der Waals surface area contributed by atoms with Crippen molar-refractivity contribution in [1.29, 1.82) is 0 Å². The number of rotatable bonds is 9. The van der Waals surface area contributed by atoms with E-state index < -0.39 is 0 Å². The second-order valence-electron chi connectivity index (χ2n) is 7.38. The topological polar surface area (TPSA) is 32.7 Å². The van der Waals surface area contributed by atoms with Crippen LogP contribution < -0.4 is 4.74 Å². The fraction of sp³-hybridized carbons (Fsp3) is 0.440. The first-order valence-corrected chi connectivity index (χ1v) is 10.2. The quantitative estimate of drug-likeness (QED) is 0.584. The summed E-state index contributed by atoms with van der Waals surface area (Å²) in [7, 11) is 0. The van der Waals surface area contributed by atoms with Gasteiger partial charge >= 0.3 is 0 Å². The first-order valence-electron chi connectivity index (χ1n) is 10.2. The van der Waals surface area contributed by atoms with Gasteiger partial charge in [0, 0.05) is 18.5 Å². The molecule has 0 bridgehead atoms. The summed E-state index contributed by atoms with van der Waals surface area (Å²) in [6, 6.07) is 17.4. The zero-order valence-electron chi connectivity index (χ0n) is 18.2. The van der Waals surface area contributed by atoms with Crippen molar-refractivity contribution >= 4 is 0 Å². The normalized spacial score (nSPS) is 10.8. The van der Waals surface area contributed by atoms with Crippen LogP contribution >= 0.6 is 0 Å². The number of hydrogen-bond donors (Lipinski definition) is 1. The minimum atomic E-state index is 0.0452. The highest BCUT2D eigenvalue weighted by molar-refractivity contribution is 5.40. The Balaban J connectivity index is 0.000000370. The van der Waals surface area contributed by atoms with E-state index in [9.17, 15) is 5.11 Å². The third-order valence-corrected chi connectivity index (χ3v) is 4.59. The molecule has 28 heavy (non-hydrogen) atoms. The SMILES string of the molecule is C=CCOc1ccc(CO)cc1Cc1ccccc1.CCN(C(C)C)C(C)C. The van der Waals surface area contributed by atoms with Gasteiger partial charge in [0.1, 0.15) is 12.4 Å². The molecule has 0 aliphatic rings. The standard InChI is InChI=1S/C17H18O2.C8H19N/c1-2-10-19-17-9-8-15(13-18)12-16(17)11-14-6-4-3-5-7-14;1-6-9(7(2)3)8(4)5/h2-9,12,18H,1,10-11,13H2;7-8H,6H2,1-5H3. The van der Waals surface area contributed by atoms with Crippen LogP contribution in [0.15, 0.2) is 61.2 Å². The van der Waals surface area contributed by atoms with Crippen molar-refractivity contribution < 1.29 is 9.84 Å². The fourth-order valence-corrected chi connectivity index (χ4v) is 3.30. The molecular weight excluding hydrogens is 346 g/mol. The van der Waals surface area contributed by atoms with E-state index in [1.807, 2.05) is 36.4 Å². The summed E-state index contributed by atoms with van der Waals surface area (Å²) in [5, 5.41) is 9.24. The van der Waals surface area contributed by atoms with E-state index in [0.717, 1.165) is 29.8 Å². The van der Waals surface area contributed by atoms with E-state index >= 15 is 0 Å². The van der Waals surface area contributed by atoms with Crippen molar-refractivity contribution in [2.45, 2.75) is 59.7 Å². The maximum absolute atomic E-state index is 9.24. The van der Waals surface area contributed by atoms with Crippen LogP contribution in [0, 0.1) is 0 Å². The molecule has 2 aromatic rings. The number of aliphatic hydroxyl groups excluding tert-OH is 1. The molecule has 0 aliphatic heterocycles. The molecule has 0 amide bonds. The molecule has 0 heterocycles. The summed E-state index contributed by atoms with van der Waals surface area (Å²) in [4.78, 5) is 2.46. The summed E-state index contributed by atoms with van der Waals surface area (Å²) in [6.45, 7) is 16.5. The number of hydrogen-bond acceptors (Lipinski definition) is 3. The van der Waals surface area contributed by atoms with Gasteiger partial charge in [0.2, 0.25) is 0 Å². The van der Waals surface area contributed by atoms with E-state index in [1.165, 1.54) is 5.56 Å².